The van der Waals surface area contributed by atoms with Crippen molar-refractivity contribution in [3.8, 4) is 0 Å². The van der Waals surface area contributed by atoms with Gasteiger partial charge in [-0.2, -0.15) is 0 Å². The van der Waals surface area contributed by atoms with Crippen molar-refractivity contribution in [1.82, 2.24) is 20.6 Å². The molecule has 0 radical (unpaired) electrons. The van der Waals surface area contributed by atoms with Crippen molar-refractivity contribution in [2.75, 3.05) is 6.54 Å². The molecule has 1 aromatic carbocycles. The van der Waals surface area contributed by atoms with E-state index in [4.69, 9.17) is 4.74 Å². The van der Waals surface area contributed by atoms with Crippen LogP contribution in [0, 0.1) is 0 Å². The summed E-state index contributed by atoms with van der Waals surface area (Å²) in [4.78, 5) is 31.3. The predicted molar refractivity (Wildman–Crippen MR) is 91.6 cm³/mol. The summed E-state index contributed by atoms with van der Waals surface area (Å²) in [5, 5.41) is 5.28. The maximum Gasteiger partial charge on any atom is 0.408 e. The lowest BCUT2D eigenvalue weighted by Crippen LogP contribution is -2.46. The first-order chi connectivity index (χ1) is 11.2. The molecule has 0 aliphatic rings. The molecular weight excluding hydrogens is 308 g/mol. The van der Waals surface area contributed by atoms with Gasteiger partial charge < -0.3 is 20.4 Å². The van der Waals surface area contributed by atoms with Crippen molar-refractivity contribution < 1.29 is 14.3 Å². The highest BCUT2D eigenvalue weighted by atomic mass is 16.6. The number of benzene rings is 1. The number of amides is 2. The molecule has 2 amide bonds. The Bertz CT molecular complexity index is 685. The molecule has 2 rings (SSSR count). The smallest absolute Gasteiger partial charge is 0.408 e. The van der Waals surface area contributed by atoms with Crippen LogP contribution < -0.4 is 10.6 Å². The number of hydrogen-bond donors (Lipinski definition) is 3. The Hall–Kier alpha value is -2.57. The number of aromatic nitrogens is 2. The third-order valence-corrected chi connectivity index (χ3v) is 3.23. The lowest BCUT2D eigenvalue weighted by Gasteiger charge is -2.21. The van der Waals surface area contributed by atoms with E-state index in [2.05, 4.69) is 20.6 Å². The van der Waals surface area contributed by atoms with Crippen LogP contribution in [-0.2, 0) is 16.0 Å². The highest BCUT2D eigenvalue weighted by Gasteiger charge is 2.20. The summed E-state index contributed by atoms with van der Waals surface area (Å²) in [7, 11) is 0. The molecule has 24 heavy (non-hydrogen) atoms. The van der Waals surface area contributed by atoms with Gasteiger partial charge in [-0.3, -0.25) is 4.79 Å². The van der Waals surface area contributed by atoms with Gasteiger partial charge in [-0.05, 0) is 39.8 Å². The normalized spacial score (nSPS) is 12.7. The van der Waals surface area contributed by atoms with Crippen molar-refractivity contribution in [2.24, 2.45) is 0 Å². The van der Waals surface area contributed by atoms with Crippen LogP contribution in [0.1, 0.15) is 33.5 Å². The number of imidazole rings is 1. The zero-order valence-corrected chi connectivity index (χ0v) is 14.5. The molecule has 0 fully saturated rings. The molecule has 1 aromatic heterocycles. The first-order valence-corrected chi connectivity index (χ1v) is 7.95. The van der Waals surface area contributed by atoms with Crippen LogP contribution >= 0.6 is 0 Å². The van der Waals surface area contributed by atoms with Gasteiger partial charge in [-0.1, -0.05) is 12.1 Å². The standard InChI is InChI=1S/C17H24N4O3/c1-11(19-16(23)24-17(2,3)4)15(22)18-10-9-14-20-12-7-5-6-8-13(12)21-14/h5-8,11H,9-10H2,1-4H3,(H,18,22)(H,19,23)(H,20,21). The van der Waals surface area contributed by atoms with Gasteiger partial charge in [-0.15, -0.1) is 0 Å². The molecule has 0 saturated heterocycles. The molecular formula is C17H24N4O3. The molecule has 7 heteroatoms. The quantitative estimate of drug-likeness (QED) is 0.781. The maximum atomic E-state index is 12.0. The van der Waals surface area contributed by atoms with Gasteiger partial charge >= 0.3 is 6.09 Å². The van der Waals surface area contributed by atoms with Crippen LogP contribution in [0.4, 0.5) is 4.79 Å². The molecule has 7 nitrogen and oxygen atoms in total. The minimum Gasteiger partial charge on any atom is -0.444 e. The maximum absolute atomic E-state index is 12.0. The second-order valence-corrected chi connectivity index (χ2v) is 6.61. The first kappa shape index (κ1) is 17.8. The fraction of sp³-hybridized carbons (Fsp3) is 0.471. The molecule has 1 unspecified atom stereocenters. The number of carbonyl (C=O) groups excluding carboxylic acids is 2. The van der Waals surface area contributed by atoms with Crippen molar-refractivity contribution in [3.63, 3.8) is 0 Å². The first-order valence-electron chi connectivity index (χ1n) is 7.95. The summed E-state index contributed by atoms with van der Waals surface area (Å²) < 4.78 is 5.12. The summed E-state index contributed by atoms with van der Waals surface area (Å²) in [6, 6.07) is 7.09. The van der Waals surface area contributed by atoms with E-state index in [1.165, 1.54) is 0 Å². The lowest BCUT2D eigenvalue weighted by atomic mass is 10.2. The number of ether oxygens (including phenoxy) is 1. The van der Waals surface area contributed by atoms with Gasteiger partial charge in [0.05, 0.1) is 11.0 Å². The van der Waals surface area contributed by atoms with Crippen molar-refractivity contribution in [3.05, 3.63) is 30.1 Å². The number of nitrogens with zero attached hydrogens (tertiary/aromatic N) is 1. The fourth-order valence-electron chi connectivity index (χ4n) is 2.13. The number of aromatic amines is 1. The predicted octanol–water partition coefficient (Wildman–Crippen LogP) is 2.13. The Morgan fingerprint density at radius 3 is 2.67 bits per heavy atom. The van der Waals surface area contributed by atoms with E-state index in [1.807, 2.05) is 24.3 Å². The molecule has 1 atom stereocenters. The lowest BCUT2D eigenvalue weighted by molar-refractivity contribution is -0.122. The van der Waals surface area contributed by atoms with Crippen LogP contribution in [-0.4, -0.2) is 40.2 Å². The number of rotatable bonds is 5. The zero-order valence-electron chi connectivity index (χ0n) is 14.5. The van der Waals surface area contributed by atoms with E-state index < -0.39 is 17.7 Å². The van der Waals surface area contributed by atoms with Gasteiger partial charge in [0.1, 0.15) is 17.5 Å². The largest absolute Gasteiger partial charge is 0.444 e. The van der Waals surface area contributed by atoms with Gasteiger partial charge in [0.15, 0.2) is 0 Å². The topological polar surface area (TPSA) is 96.1 Å². The summed E-state index contributed by atoms with van der Waals surface area (Å²) in [5.74, 6) is 0.543. The number of carbonyl (C=O) groups is 2. The summed E-state index contributed by atoms with van der Waals surface area (Å²) in [6.45, 7) is 7.35. The average molecular weight is 332 g/mol. The van der Waals surface area contributed by atoms with Crippen molar-refractivity contribution in [2.45, 2.75) is 45.8 Å². The minimum absolute atomic E-state index is 0.267. The number of alkyl carbamates (subject to hydrolysis) is 1. The molecule has 3 N–H and O–H groups in total. The Labute approximate surface area is 141 Å². The number of para-hydroxylation sites is 2. The van der Waals surface area contributed by atoms with E-state index in [0.29, 0.717) is 13.0 Å². The molecule has 0 saturated carbocycles. The Morgan fingerprint density at radius 2 is 2.00 bits per heavy atom. The van der Waals surface area contributed by atoms with Gasteiger partial charge in [0.2, 0.25) is 5.91 Å². The summed E-state index contributed by atoms with van der Waals surface area (Å²) >= 11 is 0. The Morgan fingerprint density at radius 1 is 1.29 bits per heavy atom. The highest BCUT2D eigenvalue weighted by Crippen LogP contribution is 2.10. The SMILES string of the molecule is CC(NC(=O)OC(C)(C)C)C(=O)NCCc1nc2ccccc2[nH]1. The van der Waals surface area contributed by atoms with Crippen LogP contribution in [0.2, 0.25) is 0 Å². The fourth-order valence-corrected chi connectivity index (χ4v) is 2.13. The Balaban J connectivity index is 1.77. The molecule has 0 spiro atoms. The van der Waals surface area contributed by atoms with Gasteiger partial charge in [0.25, 0.3) is 0 Å². The molecule has 1 heterocycles. The molecule has 2 aromatic rings. The van der Waals surface area contributed by atoms with Crippen LogP contribution in [0.25, 0.3) is 11.0 Å². The van der Waals surface area contributed by atoms with Crippen LogP contribution in [0.15, 0.2) is 24.3 Å². The molecule has 0 aliphatic heterocycles. The molecule has 0 aliphatic carbocycles. The molecule has 0 bridgehead atoms. The third-order valence-electron chi connectivity index (χ3n) is 3.23. The number of nitrogens with one attached hydrogen (secondary N) is 3. The molecule has 130 valence electrons. The van der Waals surface area contributed by atoms with Gasteiger partial charge in [0, 0.05) is 13.0 Å². The number of hydrogen-bond acceptors (Lipinski definition) is 4. The second-order valence-electron chi connectivity index (χ2n) is 6.61. The van der Waals surface area contributed by atoms with E-state index in [1.54, 1.807) is 27.7 Å². The van der Waals surface area contributed by atoms with E-state index in [0.717, 1.165) is 16.9 Å². The Kier molecular flexibility index (Phi) is 5.43. The number of H-pyrrole nitrogens is 1. The van der Waals surface area contributed by atoms with E-state index in [-0.39, 0.29) is 5.91 Å². The van der Waals surface area contributed by atoms with Crippen molar-refractivity contribution in [1.29, 1.82) is 0 Å². The van der Waals surface area contributed by atoms with Crippen molar-refractivity contribution >= 4 is 23.0 Å². The number of fused-ring (bicyclic) bond motifs is 1. The second kappa shape index (κ2) is 7.33. The summed E-state index contributed by atoms with van der Waals surface area (Å²) in [6.07, 6.45) is -0.0259. The monoisotopic (exact) mass is 332 g/mol. The average Bonchev–Trinajstić information content (AvgIpc) is 2.87. The van der Waals surface area contributed by atoms with Crippen LogP contribution in [0.5, 0.6) is 0 Å². The minimum atomic E-state index is -0.671. The van der Waals surface area contributed by atoms with E-state index >= 15 is 0 Å². The van der Waals surface area contributed by atoms with Crippen LogP contribution in [0.3, 0.4) is 0 Å². The zero-order chi connectivity index (χ0) is 17.7. The third kappa shape index (κ3) is 5.26. The highest BCUT2D eigenvalue weighted by molar-refractivity contribution is 5.85. The van der Waals surface area contributed by atoms with Gasteiger partial charge in [-0.25, -0.2) is 9.78 Å². The summed E-state index contributed by atoms with van der Waals surface area (Å²) in [5.41, 5.74) is 1.28. The van der Waals surface area contributed by atoms with E-state index in [9.17, 15) is 9.59 Å².